The quantitative estimate of drug-likeness (QED) is 0.736. The Bertz CT molecular complexity index is 794. The fourth-order valence-electron chi connectivity index (χ4n) is 3.15. The van der Waals surface area contributed by atoms with Gasteiger partial charge in [-0.2, -0.15) is 13.2 Å². The first kappa shape index (κ1) is 19.2. The lowest BCUT2D eigenvalue weighted by molar-refractivity contribution is -0.137. The molecule has 2 aromatic rings. The molecule has 1 aromatic carbocycles. The molecular weight excluding hydrogens is 359 g/mol. The highest BCUT2D eigenvalue weighted by Crippen LogP contribution is 2.30. The van der Waals surface area contributed by atoms with E-state index >= 15 is 0 Å². The van der Waals surface area contributed by atoms with Gasteiger partial charge in [-0.05, 0) is 61.6 Å². The number of aromatic nitrogens is 1. The summed E-state index contributed by atoms with van der Waals surface area (Å²) in [5.74, 6) is 0.257. The SMILES string of the molecule is O=C(Nc1ccc(C(F)(F)F)cc1)c1cccnc1NC[C@@H]1CC[C@@H](O)C1. The number of aliphatic hydroxyl groups is 1. The van der Waals surface area contributed by atoms with Crippen molar-refractivity contribution in [3.8, 4) is 0 Å². The number of anilines is 2. The van der Waals surface area contributed by atoms with Crippen LogP contribution in [0.5, 0.6) is 0 Å². The van der Waals surface area contributed by atoms with Crippen LogP contribution in [0.2, 0.25) is 0 Å². The number of nitrogens with zero attached hydrogens (tertiary/aromatic N) is 1. The normalized spacial score (nSPS) is 19.7. The molecule has 1 saturated carbocycles. The Hall–Kier alpha value is -2.61. The van der Waals surface area contributed by atoms with E-state index in [2.05, 4.69) is 15.6 Å². The van der Waals surface area contributed by atoms with Crippen molar-refractivity contribution in [2.45, 2.75) is 31.5 Å². The summed E-state index contributed by atoms with van der Waals surface area (Å²) >= 11 is 0. The molecule has 27 heavy (non-hydrogen) atoms. The number of pyridine rings is 1. The lowest BCUT2D eigenvalue weighted by atomic mass is 10.1. The number of rotatable bonds is 5. The van der Waals surface area contributed by atoms with Crippen molar-refractivity contribution in [2.24, 2.45) is 5.92 Å². The minimum Gasteiger partial charge on any atom is -0.393 e. The van der Waals surface area contributed by atoms with Crippen molar-refractivity contribution in [1.82, 2.24) is 4.98 Å². The van der Waals surface area contributed by atoms with E-state index in [0.29, 0.717) is 30.3 Å². The average molecular weight is 379 g/mol. The Morgan fingerprint density at radius 1 is 1.19 bits per heavy atom. The first-order valence-corrected chi connectivity index (χ1v) is 8.68. The molecule has 3 N–H and O–H groups in total. The molecule has 0 radical (unpaired) electrons. The van der Waals surface area contributed by atoms with Gasteiger partial charge in [-0.15, -0.1) is 0 Å². The van der Waals surface area contributed by atoms with Gasteiger partial charge in [0.1, 0.15) is 5.82 Å². The van der Waals surface area contributed by atoms with Gasteiger partial charge in [0, 0.05) is 18.4 Å². The lowest BCUT2D eigenvalue weighted by Crippen LogP contribution is -2.19. The molecule has 3 rings (SSSR count). The summed E-state index contributed by atoms with van der Waals surface area (Å²) < 4.78 is 37.9. The van der Waals surface area contributed by atoms with Crippen LogP contribution in [0.15, 0.2) is 42.6 Å². The largest absolute Gasteiger partial charge is 0.416 e. The predicted octanol–water partition coefficient (Wildman–Crippen LogP) is 3.93. The molecule has 1 fully saturated rings. The summed E-state index contributed by atoms with van der Waals surface area (Å²) in [6, 6.07) is 7.48. The predicted molar refractivity (Wildman–Crippen MR) is 95.5 cm³/mol. The number of hydrogen-bond acceptors (Lipinski definition) is 4. The van der Waals surface area contributed by atoms with E-state index in [-0.39, 0.29) is 11.8 Å². The first-order valence-electron chi connectivity index (χ1n) is 8.68. The van der Waals surface area contributed by atoms with Gasteiger partial charge in [0.25, 0.3) is 5.91 Å². The summed E-state index contributed by atoms with van der Waals surface area (Å²) in [5.41, 5.74) is -0.208. The van der Waals surface area contributed by atoms with Gasteiger partial charge in [0.2, 0.25) is 0 Å². The van der Waals surface area contributed by atoms with E-state index < -0.39 is 17.6 Å². The number of nitrogens with one attached hydrogen (secondary N) is 2. The maximum absolute atomic E-state index is 12.6. The van der Waals surface area contributed by atoms with E-state index in [0.717, 1.165) is 25.0 Å². The zero-order valence-electron chi connectivity index (χ0n) is 14.5. The number of amides is 1. The highest BCUT2D eigenvalue weighted by Gasteiger charge is 2.30. The molecule has 0 bridgehead atoms. The Morgan fingerprint density at radius 2 is 1.93 bits per heavy atom. The smallest absolute Gasteiger partial charge is 0.393 e. The summed E-state index contributed by atoms with van der Waals surface area (Å²) in [5, 5.41) is 15.3. The van der Waals surface area contributed by atoms with Crippen LogP contribution in [0.1, 0.15) is 35.2 Å². The minimum absolute atomic E-state index is 0.265. The van der Waals surface area contributed by atoms with Crippen molar-refractivity contribution >= 4 is 17.4 Å². The summed E-state index contributed by atoms with van der Waals surface area (Å²) in [4.78, 5) is 16.7. The van der Waals surface area contributed by atoms with Crippen LogP contribution in [0, 0.1) is 5.92 Å². The monoisotopic (exact) mass is 379 g/mol. The third kappa shape index (κ3) is 4.97. The number of alkyl halides is 3. The van der Waals surface area contributed by atoms with Gasteiger partial charge in [-0.3, -0.25) is 4.79 Å². The highest BCUT2D eigenvalue weighted by atomic mass is 19.4. The van der Waals surface area contributed by atoms with Crippen molar-refractivity contribution in [1.29, 1.82) is 0 Å². The molecule has 1 aliphatic carbocycles. The number of halogens is 3. The van der Waals surface area contributed by atoms with E-state index in [1.54, 1.807) is 18.3 Å². The molecule has 1 amide bonds. The van der Waals surface area contributed by atoms with Crippen LogP contribution in [0.3, 0.4) is 0 Å². The van der Waals surface area contributed by atoms with E-state index in [1.165, 1.54) is 12.1 Å². The van der Waals surface area contributed by atoms with Gasteiger partial charge in [0.15, 0.2) is 0 Å². The second-order valence-corrected chi connectivity index (χ2v) is 6.64. The van der Waals surface area contributed by atoms with Gasteiger partial charge in [-0.25, -0.2) is 4.98 Å². The Kier molecular flexibility index (Phi) is 5.65. The molecular formula is C19H20F3N3O2. The first-order chi connectivity index (χ1) is 12.8. The average Bonchev–Trinajstić information content (AvgIpc) is 3.05. The minimum atomic E-state index is -4.42. The van der Waals surface area contributed by atoms with Crippen LogP contribution in [-0.2, 0) is 6.18 Å². The molecule has 0 saturated heterocycles. The zero-order valence-corrected chi connectivity index (χ0v) is 14.5. The maximum atomic E-state index is 12.6. The number of carbonyl (C=O) groups is 1. The summed E-state index contributed by atoms with van der Waals surface area (Å²) in [7, 11) is 0. The molecule has 0 aliphatic heterocycles. The van der Waals surface area contributed by atoms with Crippen LogP contribution in [0.25, 0.3) is 0 Å². The van der Waals surface area contributed by atoms with Crippen molar-refractivity contribution < 1.29 is 23.1 Å². The second kappa shape index (κ2) is 7.96. The van der Waals surface area contributed by atoms with E-state index in [9.17, 15) is 23.1 Å². The van der Waals surface area contributed by atoms with Crippen molar-refractivity contribution in [2.75, 3.05) is 17.2 Å². The van der Waals surface area contributed by atoms with E-state index in [4.69, 9.17) is 0 Å². The van der Waals surface area contributed by atoms with Crippen LogP contribution in [-0.4, -0.2) is 28.6 Å². The molecule has 1 aliphatic rings. The topological polar surface area (TPSA) is 74.2 Å². The highest BCUT2D eigenvalue weighted by molar-refractivity contribution is 6.07. The van der Waals surface area contributed by atoms with Crippen molar-refractivity contribution in [3.63, 3.8) is 0 Å². The molecule has 0 unspecified atom stereocenters. The third-order valence-corrected chi connectivity index (χ3v) is 4.59. The summed E-state index contributed by atoms with van der Waals surface area (Å²) in [6.07, 6.45) is -0.739. The third-order valence-electron chi connectivity index (χ3n) is 4.59. The molecule has 0 spiro atoms. The van der Waals surface area contributed by atoms with E-state index in [1.807, 2.05) is 0 Å². The van der Waals surface area contributed by atoms with Gasteiger partial charge >= 0.3 is 6.18 Å². The lowest BCUT2D eigenvalue weighted by Gasteiger charge is -2.14. The Labute approximate surface area is 154 Å². The van der Waals surface area contributed by atoms with Gasteiger partial charge in [-0.1, -0.05) is 0 Å². The number of carbonyl (C=O) groups excluding carboxylic acids is 1. The molecule has 144 valence electrons. The Morgan fingerprint density at radius 3 is 2.56 bits per heavy atom. The van der Waals surface area contributed by atoms with Gasteiger partial charge < -0.3 is 15.7 Å². The van der Waals surface area contributed by atoms with Crippen molar-refractivity contribution in [3.05, 3.63) is 53.7 Å². The van der Waals surface area contributed by atoms with Crippen LogP contribution in [0.4, 0.5) is 24.7 Å². The molecule has 8 heteroatoms. The molecule has 5 nitrogen and oxygen atoms in total. The molecule has 1 heterocycles. The number of benzene rings is 1. The number of hydrogen-bond donors (Lipinski definition) is 3. The second-order valence-electron chi connectivity index (χ2n) is 6.64. The standard InChI is InChI=1S/C19H20F3N3O2/c20-19(21,22)13-4-6-14(7-5-13)25-18(27)16-2-1-9-23-17(16)24-11-12-3-8-15(26)10-12/h1-2,4-7,9,12,15,26H,3,8,10-11H2,(H,23,24)(H,25,27)/t12-,15-/m1/s1. The Balaban J connectivity index is 1.66. The molecule has 2 atom stereocenters. The van der Waals surface area contributed by atoms with Crippen LogP contribution >= 0.6 is 0 Å². The summed E-state index contributed by atoms with van der Waals surface area (Å²) in [6.45, 7) is 0.592. The zero-order chi connectivity index (χ0) is 19.4. The fraction of sp³-hybridized carbons (Fsp3) is 0.368. The maximum Gasteiger partial charge on any atom is 0.416 e. The molecule has 1 aromatic heterocycles. The number of aliphatic hydroxyl groups excluding tert-OH is 1. The van der Waals surface area contributed by atoms with Gasteiger partial charge in [0.05, 0.1) is 17.2 Å². The fourth-order valence-corrected chi connectivity index (χ4v) is 3.15. The van der Waals surface area contributed by atoms with Crippen LogP contribution < -0.4 is 10.6 Å².